The van der Waals surface area contributed by atoms with E-state index in [4.69, 9.17) is 5.73 Å². The Labute approximate surface area is 64.7 Å². The van der Waals surface area contributed by atoms with Crippen molar-refractivity contribution in [3.8, 4) is 0 Å². The number of cyclic esters (lactones) is 2. The van der Waals surface area contributed by atoms with Crippen LogP contribution in [0.4, 0.5) is 0 Å². The predicted molar refractivity (Wildman–Crippen MR) is 37.4 cm³/mol. The third-order valence-corrected chi connectivity index (χ3v) is 1.85. The standard InChI is InChI=1S/C7H11NO3/c1-3(2)4-5(8)7(10)11-6(4)9/h3-5H,8H2,1-2H3. The fraction of sp³-hybridized carbons (Fsp3) is 0.714. The van der Waals surface area contributed by atoms with Crippen LogP contribution in [-0.2, 0) is 14.3 Å². The molecular weight excluding hydrogens is 146 g/mol. The van der Waals surface area contributed by atoms with Crippen LogP contribution in [0.25, 0.3) is 0 Å². The highest BCUT2D eigenvalue weighted by molar-refractivity contribution is 5.98. The van der Waals surface area contributed by atoms with Crippen LogP contribution in [0.5, 0.6) is 0 Å². The molecule has 1 heterocycles. The number of carbonyl (C=O) groups is 2. The van der Waals surface area contributed by atoms with Crippen molar-refractivity contribution in [3.05, 3.63) is 0 Å². The van der Waals surface area contributed by atoms with Gasteiger partial charge in [-0.25, -0.2) is 4.79 Å². The summed E-state index contributed by atoms with van der Waals surface area (Å²) in [7, 11) is 0. The molecule has 4 heteroatoms. The summed E-state index contributed by atoms with van der Waals surface area (Å²) in [5.74, 6) is -1.49. The van der Waals surface area contributed by atoms with E-state index in [1.807, 2.05) is 13.8 Å². The van der Waals surface area contributed by atoms with Crippen LogP contribution in [0.2, 0.25) is 0 Å². The molecule has 0 aromatic rings. The van der Waals surface area contributed by atoms with E-state index >= 15 is 0 Å². The summed E-state index contributed by atoms with van der Waals surface area (Å²) in [5.41, 5.74) is 5.42. The van der Waals surface area contributed by atoms with Gasteiger partial charge in [-0.15, -0.1) is 0 Å². The van der Waals surface area contributed by atoms with Crippen LogP contribution >= 0.6 is 0 Å². The van der Waals surface area contributed by atoms with Gasteiger partial charge in [-0.3, -0.25) is 4.79 Å². The molecule has 0 aromatic heterocycles. The third kappa shape index (κ3) is 1.26. The van der Waals surface area contributed by atoms with E-state index in [1.54, 1.807) is 0 Å². The van der Waals surface area contributed by atoms with Gasteiger partial charge < -0.3 is 10.5 Å². The lowest BCUT2D eigenvalue weighted by Crippen LogP contribution is -2.35. The summed E-state index contributed by atoms with van der Waals surface area (Å²) in [4.78, 5) is 21.6. The summed E-state index contributed by atoms with van der Waals surface area (Å²) < 4.78 is 4.34. The SMILES string of the molecule is CC(C)C1C(=O)OC(=O)C1N. The first-order chi connectivity index (χ1) is 5.04. The lowest BCUT2D eigenvalue weighted by molar-refractivity contribution is -0.153. The molecule has 2 atom stereocenters. The van der Waals surface area contributed by atoms with Crippen molar-refractivity contribution in [2.75, 3.05) is 0 Å². The summed E-state index contributed by atoms with van der Waals surface area (Å²) in [6.45, 7) is 3.68. The van der Waals surface area contributed by atoms with Gasteiger partial charge in [0, 0.05) is 0 Å². The summed E-state index contributed by atoms with van der Waals surface area (Å²) in [6, 6.07) is -0.762. The van der Waals surface area contributed by atoms with E-state index in [0.29, 0.717) is 0 Å². The molecule has 1 rings (SSSR count). The van der Waals surface area contributed by atoms with Gasteiger partial charge in [0.2, 0.25) is 0 Å². The highest BCUT2D eigenvalue weighted by Crippen LogP contribution is 2.22. The van der Waals surface area contributed by atoms with Crippen LogP contribution in [0.3, 0.4) is 0 Å². The zero-order valence-electron chi connectivity index (χ0n) is 6.53. The molecule has 62 valence electrons. The van der Waals surface area contributed by atoms with Crippen molar-refractivity contribution in [1.82, 2.24) is 0 Å². The van der Waals surface area contributed by atoms with Gasteiger partial charge in [-0.05, 0) is 5.92 Å². The van der Waals surface area contributed by atoms with Crippen LogP contribution < -0.4 is 5.73 Å². The first-order valence-electron chi connectivity index (χ1n) is 3.55. The van der Waals surface area contributed by atoms with Crippen LogP contribution in [-0.4, -0.2) is 18.0 Å². The molecule has 2 N–H and O–H groups in total. The minimum absolute atomic E-state index is 0.0592. The Balaban J connectivity index is 2.79. The predicted octanol–water partition coefficient (Wildman–Crippen LogP) is -0.331. The van der Waals surface area contributed by atoms with Gasteiger partial charge in [0.15, 0.2) is 0 Å². The van der Waals surface area contributed by atoms with Crippen molar-refractivity contribution in [2.24, 2.45) is 17.6 Å². The van der Waals surface area contributed by atoms with Gasteiger partial charge in [0.1, 0.15) is 6.04 Å². The molecule has 0 aromatic carbocycles. The quantitative estimate of drug-likeness (QED) is 0.418. The van der Waals surface area contributed by atoms with E-state index in [-0.39, 0.29) is 5.92 Å². The molecule has 0 radical (unpaired) electrons. The van der Waals surface area contributed by atoms with E-state index in [1.165, 1.54) is 0 Å². The Morgan fingerprint density at radius 1 is 1.36 bits per heavy atom. The van der Waals surface area contributed by atoms with Crippen LogP contribution in [0.1, 0.15) is 13.8 Å². The van der Waals surface area contributed by atoms with Gasteiger partial charge in [0.05, 0.1) is 5.92 Å². The molecule has 1 fully saturated rings. The molecule has 0 aliphatic carbocycles. The number of carbonyl (C=O) groups excluding carboxylic acids is 2. The second-order valence-electron chi connectivity index (χ2n) is 3.04. The van der Waals surface area contributed by atoms with Crippen molar-refractivity contribution in [1.29, 1.82) is 0 Å². The van der Waals surface area contributed by atoms with Crippen molar-refractivity contribution >= 4 is 11.9 Å². The second-order valence-corrected chi connectivity index (χ2v) is 3.04. The molecular formula is C7H11NO3. The molecule has 0 amide bonds. The van der Waals surface area contributed by atoms with E-state index in [2.05, 4.69) is 4.74 Å². The second kappa shape index (κ2) is 2.62. The Hall–Kier alpha value is -0.900. The third-order valence-electron chi connectivity index (χ3n) is 1.85. The summed E-state index contributed by atoms with van der Waals surface area (Å²) in [5, 5.41) is 0. The van der Waals surface area contributed by atoms with Gasteiger partial charge in [-0.1, -0.05) is 13.8 Å². The highest BCUT2D eigenvalue weighted by atomic mass is 16.6. The molecule has 1 aliphatic rings. The first kappa shape index (κ1) is 8.20. The monoisotopic (exact) mass is 157 g/mol. The van der Waals surface area contributed by atoms with Gasteiger partial charge in [-0.2, -0.15) is 0 Å². The Morgan fingerprint density at radius 3 is 2.09 bits per heavy atom. The van der Waals surface area contributed by atoms with Gasteiger partial charge in [0.25, 0.3) is 0 Å². The molecule has 1 saturated heterocycles. The molecule has 0 bridgehead atoms. The number of nitrogens with two attached hydrogens (primary N) is 1. The summed E-state index contributed by atoms with van der Waals surface area (Å²) >= 11 is 0. The smallest absolute Gasteiger partial charge is 0.331 e. The van der Waals surface area contributed by atoms with Crippen molar-refractivity contribution in [2.45, 2.75) is 19.9 Å². The maximum atomic E-state index is 10.9. The van der Waals surface area contributed by atoms with E-state index < -0.39 is 23.9 Å². The number of esters is 2. The van der Waals surface area contributed by atoms with Crippen LogP contribution in [0.15, 0.2) is 0 Å². The lowest BCUT2D eigenvalue weighted by Gasteiger charge is -2.11. The zero-order chi connectivity index (χ0) is 8.59. The Bertz CT molecular complexity index is 200. The van der Waals surface area contributed by atoms with Crippen molar-refractivity contribution in [3.63, 3.8) is 0 Å². The Morgan fingerprint density at radius 2 is 1.91 bits per heavy atom. The molecule has 0 saturated carbocycles. The number of hydrogen-bond acceptors (Lipinski definition) is 4. The lowest BCUT2D eigenvalue weighted by atomic mass is 9.91. The minimum Gasteiger partial charge on any atom is -0.392 e. The number of rotatable bonds is 1. The molecule has 4 nitrogen and oxygen atoms in total. The fourth-order valence-electron chi connectivity index (χ4n) is 1.22. The topological polar surface area (TPSA) is 69.4 Å². The first-order valence-corrected chi connectivity index (χ1v) is 3.55. The highest BCUT2D eigenvalue weighted by Gasteiger charge is 2.43. The fourth-order valence-corrected chi connectivity index (χ4v) is 1.22. The number of hydrogen-bond donors (Lipinski definition) is 1. The molecule has 0 spiro atoms. The minimum atomic E-state index is -0.762. The average molecular weight is 157 g/mol. The van der Waals surface area contributed by atoms with E-state index in [0.717, 1.165) is 0 Å². The normalized spacial score (nSPS) is 31.3. The zero-order valence-corrected chi connectivity index (χ0v) is 6.53. The molecule has 1 aliphatic heterocycles. The average Bonchev–Trinajstić information content (AvgIpc) is 2.07. The maximum absolute atomic E-state index is 10.9. The van der Waals surface area contributed by atoms with Gasteiger partial charge >= 0.3 is 11.9 Å². The molecule has 2 unspecified atom stereocenters. The van der Waals surface area contributed by atoms with Crippen LogP contribution in [0, 0.1) is 11.8 Å². The maximum Gasteiger partial charge on any atom is 0.331 e. The summed E-state index contributed by atoms with van der Waals surface area (Å²) in [6.07, 6.45) is 0. The Kier molecular flexibility index (Phi) is 1.95. The molecule has 11 heavy (non-hydrogen) atoms. The van der Waals surface area contributed by atoms with Crippen molar-refractivity contribution < 1.29 is 14.3 Å². The van der Waals surface area contributed by atoms with E-state index in [9.17, 15) is 9.59 Å². The number of ether oxygens (including phenoxy) is 1. The largest absolute Gasteiger partial charge is 0.392 e.